The zero-order valence-corrected chi connectivity index (χ0v) is 11.1. The molecule has 0 aliphatic heterocycles. The summed E-state index contributed by atoms with van der Waals surface area (Å²) in [6.45, 7) is 2.12. The van der Waals surface area contributed by atoms with E-state index in [9.17, 15) is 0 Å². The van der Waals surface area contributed by atoms with Gasteiger partial charge in [0, 0.05) is 21.7 Å². The maximum atomic E-state index is 5.43. The third kappa shape index (κ3) is 2.61. The summed E-state index contributed by atoms with van der Waals surface area (Å²) in [6, 6.07) is 10.3. The number of ether oxygens (including phenoxy) is 2. The SMILES string of the molecule is COc1cccc(Cc2ccc(C)s2)c1OC. The second-order valence-electron chi connectivity index (χ2n) is 3.84. The minimum atomic E-state index is 0.790. The molecule has 0 fully saturated rings. The summed E-state index contributed by atoms with van der Waals surface area (Å²) in [5.41, 5.74) is 1.16. The molecule has 0 N–H and O–H groups in total. The molecule has 17 heavy (non-hydrogen) atoms. The fraction of sp³-hybridized carbons (Fsp3) is 0.286. The highest BCUT2D eigenvalue weighted by Gasteiger charge is 2.10. The van der Waals surface area contributed by atoms with Gasteiger partial charge in [-0.3, -0.25) is 0 Å². The Hall–Kier alpha value is -1.48. The maximum Gasteiger partial charge on any atom is 0.164 e. The van der Waals surface area contributed by atoms with E-state index in [1.807, 2.05) is 23.5 Å². The van der Waals surface area contributed by atoms with Crippen LogP contribution in [0.15, 0.2) is 30.3 Å². The lowest BCUT2D eigenvalue weighted by atomic mass is 10.1. The molecule has 0 radical (unpaired) electrons. The van der Waals surface area contributed by atoms with Crippen molar-refractivity contribution < 1.29 is 9.47 Å². The molecule has 90 valence electrons. The van der Waals surface area contributed by atoms with E-state index in [2.05, 4.69) is 25.1 Å². The summed E-state index contributed by atoms with van der Waals surface area (Å²) in [7, 11) is 3.35. The molecule has 1 heterocycles. The average molecular weight is 248 g/mol. The second-order valence-corrected chi connectivity index (χ2v) is 5.21. The van der Waals surface area contributed by atoms with Crippen molar-refractivity contribution in [3.05, 3.63) is 45.6 Å². The molecular weight excluding hydrogens is 232 g/mol. The van der Waals surface area contributed by atoms with Crippen LogP contribution in [0.25, 0.3) is 0 Å². The smallest absolute Gasteiger partial charge is 0.164 e. The van der Waals surface area contributed by atoms with Crippen molar-refractivity contribution in [3.63, 3.8) is 0 Å². The van der Waals surface area contributed by atoms with Crippen molar-refractivity contribution in [2.45, 2.75) is 13.3 Å². The van der Waals surface area contributed by atoms with Gasteiger partial charge < -0.3 is 9.47 Å². The first kappa shape index (κ1) is 12.0. The van der Waals surface area contributed by atoms with Crippen LogP contribution in [0.2, 0.25) is 0 Å². The molecule has 2 nitrogen and oxygen atoms in total. The van der Waals surface area contributed by atoms with Crippen molar-refractivity contribution in [1.29, 1.82) is 0 Å². The number of methoxy groups -OCH3 is 2. The zero-order chi connectivity index (χ0) is 12.3. The maximum absolute atomic E-state index is 5.43. The fourth-order valence-corrected chi connectivity index (χ4v) is 2.77. The molecule has 0 aliphatic carbocycles. The standard InChI is InChI=1S/C14H16O2S/c1-10-7-8-12(17-10)9-11-5-4-6-13(15-2)14(11)16-3/h4-8H,9H2,1-3H3. The minimum Gasteiger partial charge on any atom is -0.493 e. The highest BCUT2D eigenvalue weighted by molar-refractivity contribution is 7.11. The molecule has 3 heteroatoms. The van der Waals surface area contributed by atoms with Gasteiger partial charge in [-0.25, -0.2) is 0 Å². The van der Waals surface area contributed by atoms with E-state index in [0.29, 0.717) is 0 Å². The molecule has 0 saturated heterocycles. The van der Waals surface area contributed by atoms with Gasteiger partial charge in [0.05, 0.1) is 14.2 Å². The van der Waals surface area contributed by atoms with Gasteiger partial charge in [-0.05, 0) is 25.1 Å². The summed E-state index contributed by atoms with van der Waals surface area (Å²) in [5, 5.41) is 0. The minimum absolute atomic E-state index is 0.790. The lowest BCUT2D eigenvalue weighted by molar-refractivity contribution is 0.352. The van der Waals surface area contributed by atoms with Crippen LogP contribution < -0.4 is 9.47 Å². The van der Waals surface area contributed by atoms with Gasteiger partial charge in [0.15, 0.2) is 11.5 Å². The molecular formula is C14H16O2S. The molecule has 0 amide bonds. The molecule has 0 bridgehead atoms. The first-order valence-corrected chi connectivity index (χ1v) is 6.31. The van der Waals surface area contributed by atoms with E-state index in [4.69, 9.17) is 9.47 Å². The highest BCUT2D eigenvalue weighted by Crippen LogP contribution is 2.33. The monoisotopic (exact) mass is 248 g/mol. The second kappa shape index (κ2) is 5.23. The van der Waals surface area contributed by atoms with Gasteiger partial charge in [0.1, 0.15) is 0 Å². The lowest BCUT2D eigenvalue weighted by Crippen LogP contribution is -1.96. The predicted molar refractivity (Wildman–Crippen MR) is 71.4 cm³/mol. The average Bonchev–Trinajstić information content (AvgIpc) is 2.74. The number of hydrogen-bond acceptors (Lipinski definition) is 3. The Morgan fingerprint density at radius 1 is 1.06 bits per heavy atom. The molecule has 1 aromatic heterocycles. The molecule has 1 aromatic carbocycles. The number of para-hydroxylation sites is 1. The van der Waals surface area contributed by atoms with Gasteiger partial charge in [-0.1, -0.05) is 12.1 Å². The van der Waals surface area contributed by atoms with Crippen LogP contribution in [0, 0.1) is 6.92 Å². The van der Waals surface area contributed by atoms with Crippen molar-refractivity contribution in [1.82, 2.24) is 0 Å². The molecule has 0 atom stereocenters. The Balaban J connectivity index is 2.32. The van der Waals surface area contributed by atoms with Crippen LogP contribution in [0.5, 0.6) is 11.5 Å². The van der Waals surface area contributed by atoms with E-state index in [1.165, 1.54) is 9.75 Å². The summed E-state index contributed by atoms with van der Waals surface area (Å²) in [4.78, 5) is 2.68. The number of aryl methyl sites for hydroxylation is 1. The molecule has 2 rings (SSSR count). The van der Waals surface area contributed by atoms with E-state index >= 15 is 0 Å². The van der Waals surface area contributed by atoms with Crippen molar-refractivity contribution >= 4 is 11.3 Å². The van der Waals surface area contributed by atoms with Crippen LogP contribution in [-0.2, 0) is 6.42 Å². The Kier molecular flexibility index (Phi) is 3.69. The van der Waals surface area contributed by atoms with Gasteiger partial charge in [-0.2, -0.15) is 0 Å². The Morgan fingerprint density at radius 3 is 2.47 bits per heavy atom. The number of hydrogen-bond donors (Lipinski definition) is 0. The first-order chi connectivity index (χ1) is 8.24. The Morgan fingerprint density at radius 2 is 1.88 bits per heavy atom. The van der Waals surface area contributed by atoms with E-state index in [-0.39, 0.29) is 0 Å². The molecule has 0 spiro atoms. The molecule has 0 saturated carbocycles. The summed E-state index contributed by atoms with van der Waals surface area (Å²) in [5.74, 6) is 1.62. The quantitative estimate of drug-likeness (QED) is 0.822. The van der Waals surface area contributed by atoms with Crippen LogP contribution in [0.4, 0.5) is 0 Å². The summed E-state index contributed by atoms with van der Waals surface area (Å²) >= 11 is 1.82. The molecule has 2 aromatic rings. The van der Waals surface area contributed by atoms with Crippen molar-refractivity contribution in [2.75, 3.05) is 14.2 Å². The topological polar surface area (TPSA) is 18.5 Å². The summed E-state index contributed by atoms with van der Waals surface area (Å²) in [6.07, 6.45) is 0.888. The van der Waals surface area contributed by atoms with E-state index in [0.717, 1.165) is 23.5 Å². The van der Waals surface area contributed by atoms with Gasteiger partial charge in [0.2, 0.25) is 0 Å². The number of thiophene rings is 1. The van der Waals surface area contributed by atoms with Gasteiger partial charge in [0.25, 0.3) is 0 Å². The summed E-state index contributed by atoms with van der Waals surface area (Å²) < 4.78 is 10.7. The lowest BCUT2D eigenvalue weighted by Gasteiger charge is -2.11. The van der Waals surface area contributed by atoms with Crippen molar-refractivity contribution in [2.24, 2.45) is 0 Å². The van der Waals surface area contributed by atoms with Crippen molar-refractivity contribution in [3.8, 4) is 11.5 Å². The third-order valence-corrected chi connectivity index (χ3v) is 3.65. The normalized spacial score (nSPS) is 10.3. The Labute approximate surface area is 106 Å². The van der Waals surface area contributed by atoms with E-state index in [1.54, 1.807) is 14.2 Å². The van der Waals surface area contributed by atoms with E-state index < -0.39 is 0 Å². The molecule has 0 unspecified atom stereocenters. The van der Waals surface area contributed by atoms with Crippen LogP contribution in [0.3, 0.4) is 0 Å². The highest BCUT2D eigenvalue weighted by atomic mass is 32.1. The Bertz CT molecular complexity index is 503. The van der Waals surface area contributed by atoms with Crippen LogP contribution in [0.1, 0.15) is 15.3 Å². The largest absolute Gasteiger partial charge is 0.493 e. The first-order valence-electron chi connectivity index (χ1n) is 5.49. The van der Waals surface area contributed by atoms with Gasteiger partial charge in [-0.15, -0.1) is 11.3 Å². The zero-order valence-electron chi connectivity index (χ0n) is 10.3. The predicted octanol–water partition coefficient (Wildman–Crippen LogP) is 3.66. The number of rotatable bonds is 4. The third-order valence-electron chi connectivity index (χ3n) is 2.65. The molecule has 0 aliphatic rings. The van der Waals surface area contributed by atoms with Crippen LogP contribution in [-0.4, -0.2) is 14.2 Å². The fourth-order valence-electron chi connectivity index (χ4n) is 1.86. The van der Waals surface area contributed by atoms with Crippen LogP contribution >= 0.6 is 11.3 Å². The number of benzene rings is 1. The van der Waals surface area contributed by atoms with Gasteiger partial charge >= 0.3 is 0 Å².